The van der Waals surface area contributed by atoms with Crippen LogP contribution in [0.4, 0.5) is 15.8 Å². The Kier molecular flexibility index (Phi) is 4.54. The molecule has 1 N–H and O–H groups in total. The highest BCUT2D eigenvalue weighted by atomic mass is 79.9. The Morgan fingerprint density at radius 2 is 2.00 bits per heavy atom. The summed E-state index contributed by atoms with van der Waals surface area (Å²) < 4.78 is 14.2. The van der Waals surface area contributed by atoms with Crippen LogP contribution in [-0.4, -0.2) is 10.8 Å². The zero-order valence-electron chi connectivity index (χ0n) is 10.3. The van der Waals surface area contributed by atoms with E-state index >= 15 is 0 Å². The Morgan fingerprint density at radius 3 is 2.57 bits per heavy atom. The van der Waals surface area contributed by atoms with Gasteiger partial charge in [-0.15, -0.1) is 0 Å². The summed E-state index contributed by atoms with van der Waals surface area (Å²) >= 11 is 8.83. The van der Waals surface area contributed by atoms with Gasteiger partial charge in [-0.05, 0) is 30.3 Å². The van der Waals surface area contributed by atoms with Crippen molar-refractivity contribution in [3.05, 3.63) is 67.4 Å². The summed E-state index contributed by atoms with van der Waals surface area (Å²) in [5.41, 5.74) is -0.214. The van der Waals surface area contributed by atoms with Gasteiger partial charge in [0.05, 0.1) is 10.6 Å². The number of nitrogens with zero attached hydrogens (tertiary/aromatic N) is 1. The lowest BCUT2D eigenvalue weighted by Crippen LogP contribution is -2.13. The summed E-state index contributed by atoms with van der Waals surface area (Å²) in [5.74, 6) is -1.22. The molecule has 0 aromatic heterocycles. The van der Waals surface area contributed by atoms with E-state index in [0.717, 1.165) is 12.1 Å². The molecule has 0 spiro atoms. The Balaban J connectivity index is 2.24. The van der Waals surface area contributed by atoms with E-state index in [4.69, 9.17) is 11.6 Å². The average molecular weight is 374 g/mol. The highest BCUT2D eigenvalue weighted by Gasteiger charge is 2.16. The standard InChI is InChI=1S/C13H7BrClFN2O3/c14-8-2-3-11(10(16)6-8)17-13(19)7-1-4-12(18(20)21)9(15)5-7/h1-6H,(H,17,19). The predicted octanol–water partition coefficient (Wildman–Crippen LogP) is 4.40. The molecule has 2 aromatic rings. The topological polar surface area (TPSA) is 72.2 Å². The number of hydrogen-bond donors (Lipinski definition) is 1. The molecule has 21 heavy (non-hydrogen) atoms. The van der Waals surface area contributed by atoms with Crippen LogP contribution in [0, 0.1) is 15.9 Å². The molecule has 108 valence electrons. The second kappa shape index (κ2) is 6.19. The van der Waals surface area contributed by atoms with Gasteiger partial charge in [-0.25, -0.2) is 4.39 Å². The van der Waals surface area contributed by atoms with Crippen molar-refractivity contribution in [2.24, 2.45) is 0 Å². The summed E-state index contributed by atoms with van der Waals surface area (Å²) in [6, 6.07) is 7.70. The molecule has 2 aromatic carbocycles. The largest absolute Gasteiger partial charge is 0.319 e. The van der Waals surface area contributed by atoms with Crippen molar-refractivity contribution in [3.8, 4) is 0 Å². The third-order valence-electron chi connectivity index (χ3n) is 2.59. The smallest absolute Gasteiger partial charge is 0.287 e. The maximum atomic E-state index is 13.6. The summed E-state index contributed by atoms with van der Waals surface area (Å²) in [6.07, 6.45) is 0. The maximum Gasteiger partial charge on any atom is 0.287 e. The fraction of sp³-hybridized carbons (Fsp3) is 0. The number of halogens is 3. The highest BCUT2D eigenvalue weighted by Crippen LogP contribution is 2.26. The summed E-state index contributed by atoms with van der Waals surface area (Å²) in [5, 5.41) is 12.8. The van der Waals surface area contributed by atoms with Crippen molar-refractivity contribution in [3.63, 3.8) is 0 Å². The molecule has 0 aliphatic rings. The number of benzene rings is 2. The molecule has 0 heterocycles. The number of nitrogens with one attached hydrogen (secondary N) is 1. The molecule has 2 rings (SSSR count). The van der Waals surface area contributed by atoms with Crippen molar-refractivity contribution in [2.75, 3.05) is 5.32 Å². The number of carbonyl (C=O) groups excluding carboxylic acids is 1. The van der Waals surface area contributed by atoms with Gasteiger partial charge in [0.1, 0.15) is 10.8 Å². The number of nitro groups is 1. The van der Waals surface area contributed by atoms with Gasteiger partial charge < -0.3 is 5.32 Å². The first-order valence-corrected chi connectivity index (χ1v) is 6.76. The van der Waals surface area contributed by atoms with Gasteiger partial charge in [0.25, 0.3) is 11.6 Å². The van der Waals surface area contributed by atoms with Crippen LogP contribution in [0.5, 0.6) is 0 Å². The predicted molar refractivity (Wildman–Crippen MR) is 80.2 cm³/mol. The van der Waals surface area contributed by atoms with Crippen molar-refractivity contribution < 1.29 is 14.1 Å². The van der Waals surface area contributed by atoms with Gasteiger partial charge in [0.2, 0.25) is 0 Å². The van der Waals surface area contributed by atoms with Gasteiger partial charge in [-0.2, -0.15) is 0 Å². The van der Waals surface area contributed by atoms with E-state index in [2.05, 4.69) is 21.2 Å². The molecule has 0 radical (unpaired) electrons. The normalized spacial score (nSPS) is 10.2. The lowest BCUT2D eigenvalue weighted by atomic mass is 10.2. The maximum absolute atomic E-state index is 13.6. The fourth-order valence-electron chi connectivity index (χ4n) is 1.58. The van der Waals surface area contributed by atoms with Crippen LogP contribution in [0.2, 0.25) is 5.02 Å². The lowest BCUT2D eigenvalue weighted by molar-refractivity contribution is -0.384. The molecule has 0 fully saturated rings. The van der Waals surface area contributed by atoms with Crippen LogP contribution >= 0.6 is 27.5 Å². The van der Waals surface area contributed by atoms with Crippen LogP contribution in [0.1, 0.15) is 10.4 Å². The zero-order valence-corrected chi connectivity index (χ0v) is 12.6. The zero-order chi connectivity index (χ0) is 15.6. The summed E-state index contributed by atoms with van der Waals surface area (Å²) in [7, 11) is 0. The van der Waals surface area contributed by atoms with Crippen molar-refractivity contribution >= 4 is 44.8 Å². The number of hydrogen-bond acceptors (Lipinski definition) is 3. The third-order valence-corrected chi connectivity index (χ3v) is 3.38. The number of nitro benzene ring substituents is 1. The molecular weight excluding hydrogens is 367 g/mol. The molecule has 0 atom stereocenters. The molecule has 0 aliphatic carbocycles. The Bertz CT molecular complexity index is 739. The third kappa shape index (κ3) is 3.56. The molecule has 8 heteroatoms. The Morgan fingerprint density at radius 1 is 1.29 bits per heavy atom. The number of amides is 1. The Hall–Kier alpha value is -1.99. The van der Waals surface area contributed by atoms with Crippen LogP contribution in [-0.2, 0) is 0 Å². The van der Waals surface area contributed by atoms with E-state index in [-0.39, 0.29) is 22.0 Å². The van der Waals surface area contributed by atoms with Gasteiger partial charge in [-0.3, -0.25) is 14.9 Å². The van der Waals surface area contributed by atoms with Crippen LogP contribution in [0.15, 0.2) is 40.9 Å². The van der Waals surface area contributed by atoms with Crippen LogP contribution < -0.4 is 5.32 Å². The van der Waals surface area contributed by atoms with Crippen LogP contribution in [0.25, 0.3) is 0 Å². The number of carbonyl (C=O) groups is 1. The van der Waals surface area contributed by atoms with Crippen molar-refractivity contribution in [1.29, 1.82) is 0 Å². The van der Waals surface area contributed by atoms with E-state index in [0.29, 0.717) is 4.47 Å². The van der Waals surface area contributed by atoms with Gasteiger partial charge in [0.15, 0.2) is 0 Å². The van der Waals surface area contributed by atoms with E-state index in [1.54, 1.807) is 6.07 Å². The quantitative estimate of drug-likeness (QED) is 0.640. The van der Waals surface area contributed by atoms with E-state index in [1.807, 2.05) is 0 Å². The Labute approximate surface area is 132 Å². The van der Waals surface area contributed by atoms with Crippen molar-refractivity contribution in [2.45, 2.75) is 0 Å². The second-order valence-electron chi connectivity index (χ2n) is 4.00. The summed E-state index contributed by atoms with van der Waals surface area (Å²) in [6.45, 7) is 0. The second-order valence-corrected chi connectivity index (χ2v) is 5.32. The minimum atomic E-state index is -0.654. The molecule has 0 saturated heterocycles. The summed E-state index contributed by atoms with van der Waals surface area (Å²) in [4.78, 5) is 21.9. The molecular formula is C13H7BrClFN2O3. The first kappa shape index (κ1) is 15.4. The molecule has 0 unspecified atom stereocenters. The van der Waals surface area contributed by atoms with Gasteiger partial charge >= 0.3 is 0 Å². The lowest BCUT2D eigenvalue weighted by Gasteiger charge is -2.07. The first-order valence-electron chi connectivity index (χ1n) is 5.59. The van der Waals surface area contributed by atoms with E-state index in [1.165, 1.54) is 18.2 Å². The molecule has 0 saturated carbocycles. The SMILES string of the molecule is O=C(Nc1ccc(Br)cc1F)c1ccc([N+](=O)[O-])c(Cl)c1. The molecule has 0 aliphatic heterocycles. The van der Waals surface area contributed by atoms with Gasteiger partial charge in [0, 0.05) is 16.1 Å². The first-order chi connectivity index (χ1) is 9.88. The van der Waals surface area contributed by atoms with Gasteiger partial charge in [-0.1, -0.05) is 27.5 Å². The minimum Gasteiger partial charge on any atom is -0.319 e. The number of rotatable bonds is 3. The monoisotopic (exact) mass is 372 g/mol. The molecule has 0 bridgehead atoms. The number of anilines is 1. The molecule has 5 nitrogen and oxygen atoms in total. The minimum absolute atomic E-state index is 0.00215. The fourth-order valence-corrected chi connectivity index (χ4v) is 2.16. The van der Waals surface area contributed by atoms with E-state index in [9.17, 15) is 19.3 Å². The van der Waals surface area contributed by atoms with Crippen molar-refractivity contribution in [1.82, 2.24) is 0 Å². The molecule has 1 amide bonds. The van der Waals surface area contributed by atoms with Crippen LogP contribution in [0.3, 0.4) is 0 Å². The highest BCUT2D eigenvalue weighted by molar-refractivity contribution is 9.10. The van der Waals surface area contributed by atoms with E-state index < -0.39 is 16.6 Å². The average Bonchev–Trinajstić information content (AvgIpc) is 2.41.